The molecule has 1 aliphatic rings. The van der Waals surface area contributed by atoms with Crippen molar-refractivity contribution in [3.05, 3.63) is 52.6 Å². The van der Waals surface area contributed by atoms with Crippen molar-refractivity contribution in [1.82, 2.24) is 9.88 Å². The zero-order valence-corrected chi connectivity index (χ0v) is 15.3. The molecule has 0 saturated carbocycles. The number of amides is 1. The van der Waals surface area contributed by atoms with Crippen LogP contribution in [0.2, 0.25) is 10.0 Å². The van der Waals surface area contributed by atoms with E-state index >= 15 is 0 Å². The topological polar surface area (TPSA) is 36.4 Å². The number of rotatable bonds is 4. The van der Waals surface area contributed by atoms with Crippen LogP contribution in [-0.2, 0) is 4.79 Å². The Bertz CT molecular complexity index is 686. The first-order valence-corrected chi connectivity index (χ1v) is 9.38. The van der Waals surface area contributed by atoms with Gasteiger partial charge in [0, 0.05) is 42.3 Å². The average Bonchev–Trinajstić information content (AvgIpc) is 2.62. The predicted molar refractivity (Wildman–Crippen MR) is 100 cm³/mol. The Hall–Kier alpha value is -1.43. The monoisotopic (exact) mass is 381 g/mol. The van der Waals surface area contributed by atoms with Crippen molar-refractivity contribution in [2.24, 2.45) is 0 Å². The maximum absolute atomic E-state index is 12.4. The van der Waals surface area contributed by atoms with E-state index in [1.807, 2.05) is 41.3 Å². The highest BCUT2D eigenvalue weighted by Gasteiger charge is 2.21. The van der Waals surface area contributed by atoms with E-state index in [1.165, 1.54) is 11.8 Å². The van der Waals surface area contributed by atoms with Gasteiger partial charge in [0.2, 0.25) is 5.91 Å². The number of carbonyl (C=O) groups excluding carboxylic acids is 1. The third-order valence-corrected chi connectivity index (χ3v) is 5.32. The van der Waals surface area contributed by atoms with Gasteiger partial charge in [-0.05, 0) is 36.4 Å². The number of benzene rings is 1. The van der Waals surface area contributed by atoms with E-state index in [2.05, 4.69) is 9.88 Å². The molecule has 126 valence electrons. The summed E-state index contributed by atoms with van der Waals surface area (Å²) in [7, 11) is 0. The number of thioether (sulfide) groups is 1. The minimum absolute atomic E-state index is 0.165. The van der Waals surface area contributed by atoms with E-state index in [0.29, 0.717) is 28.9 Å². The first-order chi connectivity index (χ1) is 11.6. The van der Waals surface area contributed by atoms with Crippen LogP contribution < -0.4 is 4.90 Å². The van der Waals surface area contributed by atoms with E-state index < -0.39 is 0 Å². The van der Waals surface area contributed by atoms with E-state index in [9.17, 15) is 4.79 Å². The number of anilines is 1. The second-order valence-electron chi connectivity index (χ2n) is 5.45. The van der Waals surface area contributed by atoms with Crippen LogP contribution in [-0.4, -0.2) is 47.7 Å². The van der Waals surface area contributed by atoms with Gasteiger partial charge in [-0.25, -0.2) is 4.98 Å². The molecule has 0 atom stereocenters. The summed E-state index contributed by atoms with van der Waals surface area (Å²) in [6, 6.07) is 11.3. The van der Waals surface area contributed by atoms with Gasteiger partial charge in [-0.15, -0.1) is 11.8 Å². The fourth-order valence-corrected chi connectivity index (χ4v) is 3.55. The Morgan fingerprint density at radius 3 is 2.29 bits per heavy atom. The molecule has 4 nitrogen and oxygen atoms in total. The Balaban J connectivity index is 1.48. The summed E-state index contributed by atoms with van der Waals surface area (Å²) in [6.07, 6.45) is 1.65. The molecule has 24 heavy (non-hydrogen) atoms. The second-order valence-corrected chi connectivity index (χ2v) is 7.37. The molecular weight excluding hydrogens is 365 g/mol. The minimum Gasteiger partial charge on any atom is -0.353 e. The zero-order chi connectivity index (χ0) is 16.9. The van der Waals surface area contributed by atoms with Gasteiger partial charge in [0.1, 0.15) is 5.82 Å². The van der Waals surface area contributed by atoms with E-state index in [4.69, 9.17) is 23.2 Å². The molecule has 0 spiro atoms. The van der Waals surface area contributed by atoms with Gasteiger partial charge in [-0.2, -0.15) is 0 Å². The molecule has 1 saturated heterocycles. The van der Waals surface area contributed by atoms with Crippen LogP contribution in [0, 0.1) is 0 Å². The standard InChI is InChI=1S/C17H17Cl2N3OS/c18-13-1-4-15(5-2-13)24-12-17(23)22-9-7-21(8-10-22)16-6-3-14(19)11-20-16/h1-6,11H,7-10,12H2. The Labute approximate surface area is 155 Å². The fourth-order valence-electron chi connectivity index (χ4n) is 2.51. The maximum Gasteiger partial charge on any atom is 0.233 e. The Morgan fingerprint density at radius 1 is 1.00 bits per heavy atom. The van der Waals surface area contributed by atoms with Crippen molar-refractivity contribution >= 4 is 46.7 Å². The molecule has 2 aromatic rings. The molecule has 0 radical (unpaired) electrons. The lowest BCUT2D eigenvalue weighted by atomic mass is 10.3. The van der Waals surface area contributed by atoms with Crippen molar-refractivity contribution in [2.45, 2.75) is 4.90 Å². The number of aromatic nitrogens is 1. The number of piperazine rings is 1. The van der Waals surface area contributed by atoms with Crippen molar-refractivity contribution in [3.63, 3.8) is 0 Å². The molecule has 3 rings (SSSR count). The fraction of sp³-hybridized carbons (Fsp3) is 0.294. The third kappa shape index (κ3) is 4.56. The summed E-state index contributed by atoms with van der Waals surface area (Å²) in [5.41, 5.74) is 0. The van der Waals surface area contributed by atoms with Crippen LogP contribution in [0.15, 0.2) is 47.5 Å². The van der Waals surface area contributed by atoms with Gasteiger partial charge in [-0.3, -0.25) is 4.79 Å². The summed E-state index contributed by atoms with van der Waals surface area (Å²) in [6.45, 7) is 2.99. The van der Waals surface area contributed by atoms with Gasteiger partial charge in [-0.1, -0.05) is 23.2 Å². The Kier molecular flexibility index (Phi) is 5.87. The average molecular weight is 382 g/mol. The normalized spacial score (nSPS) is 14.8. The molecule has 0 unspecified atom stereocenters. The van der Waals surface area contributed by atoms with Crippen LogP contribution in [0.1, 0.15) is 0 Å². The SMILES string of the molecule is O=C(CSc1ccc(Cl)cc1)N1CCN(c2ccc(Cl)cn2)CC1. The largest absolute Gasteiger partial charge is 0.353 e. The molecule has 0 aliphatic carbocycles. The number of pyridine rings is 1. The third-order valence-electron chi connectivity index (χ3n) is 3.84. The summed E-state index contributed by atoms with van der Waals surface area (Å²) >= 11 is 13.3. The van der Waals surface area contributed by atoms with Crippen molar-refractivity contribution in [1.29, 1.82) is 0 Å². The van der Waals surface area contributed by atoms with E-state index in [0.717, 1.165) is 23.8 Å². The maximum atomic E-state index is 12.4. The first-order valence-electron chi connectivity index (χ1n) is 7.64. The number of carbonyl (C=O) groups is 1. The predicted octanol–water partition coefficient (Wildman–Crippen LogP) is 3.83. The van der Waals surface area contributed by atoms with Crippen molar-refractivity contribution in [3.8, 4) is 0 Å². The summed E-state index contributed by atoms with van der Waals surface area (Å²) in [4.78, 5) is 21.8. The van der Waals surface area contributed by atoms with Crippen LogP contribution in [0.25, 0.3) is 0 Å². The lowest BCUT2D eigenvalue weighted by Crippen LogP contribution is -2.49. The highest BCUT2D eigenvalue weighted by Crippen LogP contribution is 2.21. The van der Waals surface area contributed by atoms with Crippen molar-refractivity contribution in [2.75, 3.05) is 36.8 Å². The molecule has 1 aromatic carbocycles. The summed E-state index contributed by atoms with van der Waals surface area (Å²) < 4.78 is 0. The first kappa shape index (κ1) is 17.4. The molecular formula is C17H17Cl2N3OS. The molecule has 7 heteroatoms. The van der Waals surface area contributed by atoms with Gasteiger partial charge in [0.25, 0.3) is 0 Å². The van der Waals surface area contributed by atoms with Crippen LogP contribution in [0.3, 0.4) is 0 Å². The highest BCUT2D eigenvalue weighted by atomic mass is 35.5. The zero-order valence-electron chi connectivity index (χ0n) is 13.0. The van der Waals surface area contributed by atoms with Crippen molar-refractivity contribution < 1.29 is 4.79 Å². The summed E-state index contributed by atoms with van der Waals surface area (Å²) in [5.74, 6) is 1.52. The van der Waals surface area contributed by atoms with Crippen LogP contribution in [0.4, 0.5) is 5.82 Å². The van der Waals surface area contributed by atoms with E-state index in [1.54, 1.807) is 6.20 Å². The van der Waals surface area contributed by atoms with Crippen LogP contribution >= 0.6 is 35.0 Å². The highest BCUT2D eigenvalue weighted by molar-refractivity contribution is 8.00. The lowest BCUT2D eigenvalue weighted by Gasteiger charge is -2.35. The minimum atomic E-state index is 0.165. The Morgan fingerprint density at radius 2 is 1.67 bits per heavy atom. The number of hydrogen-bond acceptors (Lipinski definition) is 4. The molecule has 1 aromatic heterocycles. The van der Waals surface area contributed by atoms with E-state index in [-0.39, 0.29) is 5.91 Å². The van der Waals surface area contributed by atoms with Gasteiger partial charge < -0.3 is 9.80 Å². The van der Waals surface area contributed by atoms with Crippen LogP contribution in [0.5, 0.6) is 0 Å². The molecule has 1 amide bonds. The quantitative estimate of drug-likeness (QED) is 0.754. The smallest absolute Gasteiger partial charge is 0.233 e. The second kappa shape index (κ2) is 8.10. The molecule has 1 aliphatic heterocycles. The van der Waals surface area contributed by atoms with Gasteiger partial charge >= 0.3 is 0 Å². The van der Waals surface area contributed by atoms with Gasteiger partial charge in [0.15, 0.2) is 0 Å². The number of halogens is 2. The number of nitrogens with zero attached hydrogens (tertiary/aromatic N) is 3. The molecule has 0 bridgehead atoms. The molecule has 2 heterocycles. The summed E-state index contributed by atoms with van der Waals surface area (Å²) in [5, 5.41) is 1.34. The molecule has 1 fully saturated rings. The lowest BCUT2D eigenvalue weighted by molar-refractivity contribution is -0.128. The molecule has 0 N–H and O–H groups in total. The number of hydrogen-bond donors (Lipinski definition) is 0. The van der Waals surface area contributed by atoms with Gasteiger partial charge in [0.05, 0.1) is 10.8 Å².